The first-order chi connectivity index (χ1) is 8.32. The minimum Gasteiger partial charge on any atom is -0.388 e. The normalized spacial score (nSPS) is 14.8. The van der Waals surface area contributed by atoms with Crippen molar-refractivity contribution in [1.29, 1.82) is 0 Å². The van der Waals surface area contributed by atoms with E-state index in [-0.39, 0.29) is 5.82 Å². The molecule has 18 heavy (non-hydrogen) atoms. The second-order valence-corrected chi connectivity index (χ2v) is 5.45. The summed E-state index contributed by atoms with van der Waals surface area (Å²) in [5.74, 6) is -0.331. The summed E-state index contributed by atoms with van der Waals surface area (Å²) >= 11 is 5.91. The lowest BCUT2D eigenvalue weighted by Gasteiger charge is -2.27. The van der Waals surface area contributed by atoms with Crippen LogP contribution >= 0.6 is 11.6 Å². The standard InChI is InChI=1S/C13H20ClFN2O/c1-13(18,9-17(2)3)8-16-7-10-11(14)5-4-6-12(10)15/h4-6,16,18H,7-9H2,1-3H3. The highest BCUT2D eigenvalue weighted by molar-refractivity contribution is 6.31. The smallest absolute Gasteiger partial charge is 0.129 e. The SMILES string of the molecule is CN(C)CC(C)(O)CNCc1c(F)cccc1Cl. The van der Waals surface area contributed by atoms with Crippen LogP contribution in [-0.4, -0.2) is 42.8 Å². The quantitative estimate of drug-likeness (QED) is 0.832. The Bertz CT molecular complexity index is 376. The first-order valence-electron chi connectivity index (χ1n) is 5.82. The summed E-state index contributed by atoms with van der Waals surface area (Å²) in [6, 6.07) is 4.60. The van der Waals surface area contributed by atoms with Crippen molar-refractivity contribution in [3.05, 3.63) is 34.6 Å². The van der Waals surface area contributed by atoms with Crippen LogP contribution in [0.25, 0.3) is 0 Å². The molecule has 1 aromatic carbocycles. The molecule has 0 saturated carbocycles. The van der Waals surface area contributed by atoms with Gasteiger partial charge in [0, 0.05) is 30.2 Å². The molecule has 0 spiro atoms. The number of benzene rings is 1. The Hall–Kier alpha value is -0.680. The Morgan fingerprint density at radius 1 is 1.44 bits per heavy atom. The van der Waals surface area contributed by atoms with E-state index in [0.717, 1.165) is 0 Å². The molecule has 1 atom stereocenters. The Balaban J connectivity index is 2.51. The fourth-order valence-electron chi connectivity index (χ4n) is 1.90. The van der Waals surface area contributed by atoms with Crippen LogP contribution in [0.4, 0.5) is 4.39 Å². The predicted octanol–water partition coefficient (Wildman–Crippen LogP) is 1.88. The van der Waals surface area contributed by atoms with Crippen molar-refractivity contribution in [2.24, 2.45) is 0 Å². The summed E-state index contributed by atoms with van der Waals surface area (Å²) in [6.45, 7) is 2.94. The van der Waals surface area contributed by atoms with E-state index in [1.165, 1.54) is 6.07 Å². The molecule has 5 heteroatoms. The zero-order valence-electron chi connectivity index (χ0n) is 11.0. The highest BCUT2D eigenvalue weighted by Gasteiger charge is 2.20. The fourth-order valence-corrected chi connectivity index (χ4v) is 2.12. The lowest BCUT2D eigenvalue weighted by Crippen LogP contribution is -2.45. The number of aliphatic hydroxyl groups is 1. The number of hydrogen-bond donors (Lipinski definition) is 2. The monoisotopic (exact) mass is 274 g/mol. The molecule has 0 saturated heterocycles. The van der Waals surface area contributed by atoms with E-state index in [2.05, 4.69) is 5.32 Å². The number of nitrogens with zero attached hydrogens (tertiary/aromatic N) is 1. The molecule has 0 aromatic heterocycles. The van der Waals surface area contributed by atoms with Gasteiger partial charge in [-0.25, -0.2) is 4.39 Å². The minimum absolute atomic E-state index is 0.301. The largest absolute Gasteiger partial charge is 0.388 e. The third kappa shape index (κ3) is 4.90. The molecule has 0 aliphatic carbocycles. The summed E-state index contributed by atoms with van der Waals surface area (Å²) in [5, 5.41) is 13.5. The molecule has 2 N–H and O–H groups in total. The van der Waals surface area contributed by atoms with Crippen molar-refractivity contribution < 1.29 is 9.50 Å². The molecular formula is C13H20ClFN2O. The molecule has 0 amide bonds. The number of likely N-dealkylation sites (N-methyl/N-ethyl adjacent to an activating group) is 1. The molecule has 0 heterocycles. The van der Waals surface area contributed by atoms with Gasteiger partial charge in [0.2, 0.25) is 0 Å². The molecular weight excluding hydrogens is 255 g/mol. The van der Waals surface area contributed by atoms with E-state index in [0.29, 0.717) is 30.2 Å². The van der Waals surface area contributed by atoms with Gasteiger partial charge in [-0.1, -0.05) is 17.7 Å². The van der Waals surface area contributed by atoms with Gasteiger partial charge in [-0.2, -0.15) is 0 Å². The highest BCUT2D eigenvalue weighted by atomic mass is 35.5. The Kier molecular flexibility index (Phi) is 5.53. The van der Waals surface area contributed by atoms with Crippen LogP contribution < -0.4 is 5.32 Å². The topological polar surface area (TPSA) is 35.5 Å². The number of nitrogens with one attached hydrogen (secondary N) is 1. The van der Waals surface area contributed by atoms with Gasteiger partial charge >= 0.3 is 0 Å². The van der Waals surface area contributed by atoms with Gasteiger partial charge in [-0.05, 0) is 33.2 Å². The summed E-state index contributed by atoms with van der Waals surface area (Å²) in [5.41, 5.74) is -0.429. The predicted molar refractivity (Wildman–Crippen MR) is 72.3 cm³/mol. The zero-order valence-corrected chi connectivity index (χ0v) is 11.8. The van der Waals surface area contributed by atoms with Gasteiger partial charge in [0.15, 0.2) is 0 Å². The maximum absolute atomic E-state index is 13.5. The van der Waals surface area contributed by atoms with Crippen molar-refractivity contribution in [2.75, 3.05) is 27.2 Å². The van der Waals surface area contributed by atoms with E-state index in [1.54, 1.807) is 19.1 Å². The van der Waals surface area contributed by atoms with Crippen LogP contribution in [0.1, 0.15) is 12.5 Å². The van der Waals surface area contributed by atoms with Gasteiger partial charge in [0.1, 0.15) is 5.82 Å². The third-order valence-electron chi connectivity index (χ3n) is 2.53. The fraction of sp³-hybridized carbons (Fsp3) is 0.538. The Morgan fingerprint density at radius 2 is 2.11 bits per heavy atom. The Morgan fingerprint density at radius 3 is 2.67 bits per heavy atom. The summed E-state index contributed by atoms with van der Waals surface area (Å²) < 4.78 is 13.5. The van der Waals surface area contributed by atoms with Crippen molar-refractivity contribution in [3.63, 3.8) is 0 Å². The number of hydrogen-bond acceptors (Lipinski definition) is 3. The van der Waals surface area contributed by atoms with E-state index < -0.39 is 5.60 Å². The molecule has 0 aliphatic rings. The summed E-state index contributed by atoms with van der Waals surface area (Å²) in [4.78, 5) is 1.90. The lowest BCUT2D eigenvalue weighted by molar-refractivity contribution is 0.0335. The number of halogens is 2. The Labute approximate surface area is 113 Å². The van der Waals surface area contributed by atoms with Crippen molar-refractivity contribution >= 4 is 11.6 Å². The average Bonchev–Trinajstić information content (AvgIpc) is 2.20. The molecule has 1 aromatic rings. The first-order valence-corrected chi connectivity index (χ1v) is 6.20. The van der Waals surface area contributed by atoms with Crippen LogP contribution in [0.5, 0.6) is 0 Å². The van der Waals surface area contributed by atoms with Crippen molar-refractivity contribution in [3.8, 4) is 0 Å². The van der Waals surface area contributed by atoms with Gasteiger partial charge < -0.3 is 15.3 Å². The molecule has 3 nitrogen and oxygen atoms in total. The van der Waals surface area contributed by atoms with Crippen LogP contribution in [0.15, 0.2) is 18.2 Å². The first kappa shape index (κ1) is 15.4. The molecule has 1 unspecified atom stereocenters. The van der Waals surface area contributed by atoms with Crippen LogP contribution in [0.3, 0.4) is 0 Å². The second-order valence-electron chi connectivity index (χ2n) is 5.04. The molecule has 0 aliphatic heterocycles. The highest BCUT2D eigenvalue weighted by Crippen LogP contribution is 2.18. The van der Waals surface area contributed by atoms with E-state index >= 15 is 0 Å². The third-order valence-corrected chi connectivity index (χ3v) is 2.88. The number of rotatable bonds is 6. The second kappa shape index (κ2) is 6.48. The van der Waals surface area contributed by atoms with Crippen LogP contribution in [0, 0.1) is 5.82 Å². The van der Waals surface area contributed by atoms with E-state index in [1.807, 2.05) is 19.0 Å². The van der Waals surface area contributed by atoms with Gasteiger partial charge in [0.25, 0.3) is 0 Å². The zero-order chi connectivity index (χ0) is 13.8. The van der Waals surface area contributed by atoms with E-state index in [4.69, 9.17) is 11.6 Å². The maximum Gasteiger partial charge on any atom is 0.129 e. The average molecular weight is 275 g/mol. The van der Waals surface area contributed by atoms with Crippen molar-refractivity contribution in [2.45, 2.75) is 19.1 Å². The molecule has 0 fully saturated rings. The van der Waals surface area contributed by atoms with Crippen LogP contribution in [-0.2, 0) is 6.54 Å². The maximum atomic E-state index is 13.5. The lowest BCUT2D eigenvalue weighted by atomic mass is 10.1. The van der Waals surface area contributed by atoms with Gasteiger partial charge in [-0.15, -0.1) is 0 Å². The molecule has 102 valence electrons. The summed E-state index contributed by atoms with van der Waals surface area (Å²) in [7, 11) is 3.78. The van der Waals surface area contributed by atoms with Crippen LogP contribution in [0.2, 0.25) is 5.02 Å². The van der Waals surface area contributed by atoms with E-state index in [9.17, 15) is 9.50 Å². The molecule has 1 rings (SSSR count). The van der Waals surface area contributed by atoms with Gasteiger partial charge in [-0.3, -0.25) is 0 Å². The summed E-state index contributed by atoms with van der Waals surface area (Å²) in [6.07, 6.45) is 0. The molecule has 0 radical (unpaired) electrons. The minimum atomic E-state index is -0.860. The molecule has 0 bridgehead atoms. The van der Waals surface area contributed by atoms with Gasteiger partial charge in [0.05, 0.1) is 5.60 Å². The van der Waals surface area contributed by atoms with Crippen molar-refractivity contribution in [1.82, 2.24) is 10.2 Å².